The summed E-state index contributed by atoms with van der Waals surface area (Å²) in [7, 11) is 2.08. The van der Waals surface area contributed by atoms with Crippen LogP contribution in [0.4, 0.5) is 0 Å². The van der Waals surface area contributed by atoms with Crippen molar-refractivity contribution in [2.45, 2.75) is 13.5 Å². The van der Waals surface area contributed by atoms with Gasteiger partial charge in [-0.25, -0.2) is 4.79 Å². The normalized spacial score (nSPS) is 13.2. The Labute approximate surface area is 113 Å². The molecule has 5 heteroatoms. The molecule has 1 aromatic carbocycles. The lowest BCUT2D eigenvalue weighted by molar-refractivity contribution is 0.0697. The first-order chi connectivity index (χ1) is 9.06. The summed E-state index contributed by atoms with van der Waals surface area (Å²) in [6.07, 6.45) is 4.20. The van der Waals surface area contributed by atoms with Crippen molar-refractivity contribution in [3.63, 3.8) is 0 Å². The summed E-state index contributed by atoms with van der Waals surface area (Å²) >= 11 is 0. The molecule has 0 atom stereocenters. The molecule has 0 saturated carbocycles. The Morgan fingerprint density at radius 3 is 2.21 bits per heavy atom. The van der Waals surface area contributed by atoms with E-state index in [0.29, 0.717) is 0 Å². The molecule has 0 bridgehead atoms. The molecule has 0 fully saturated rings. The molecule has 2 N–H and O–H groups in total. The van der Waals surface area contributed by atoms with Crippen molar-refractivity contribution in [1.82, 2.24) is 9.80 Å². The molecule has 1 aromatic rings. The first-order valence-corrected chi connectivity index (χ1v) is 6.12. The van der Waals surface area contributed by atoms with E-state index < -0.39 is 5.97 Å². The highest BCUT2D eigenvalue weighted by atomic mass is 16.4. The zero-order chi connectivity index (χ0) is 14.3. The highest BCUT2D eigenvalue weighted by molar-refractivity contribution is 5.87. The molecule has 0 radical (unpaired) electrons. The maximum atomic E-state index is 10.3. The third-order valence-corrected chi connectivity index (χ3v) is 2.73. The van der Waals surface area contributed by atoms with Crippen LogP contribution in [-0.2, 0) is 6.61 Å². The van der Waals surface area contributed by atoms with Gasteiger partial charge >= 0.3 is 5.97 Å². The molecular weight excluding hydrogens is 244 g/mol. The summed E-state index contributed by atoms with van der Waals surface area (Å²) in [5, 5.41) is 17.1. The van der Waals surface area contributed by atoms with Crippen molar-refractivity contribution in [3.8, 4) is 0 Å². The fraction of sp³-hybridized carbons (Fsp3) is 0.357. The first-order valence-electron chi connectivity index (χ1n) is 6.12. The van der Waals surface area contributed by atoms with E-state index in [4.69, 9.17) is 10.2 Å². The molecule has 0 amide bonds. The molecule has 1 aliphatic heterocycles. The smallest absolute Gasteiger partial charge is 0.335 e. The van der Waals surface area contributed by atoms with E-state index in [1.807, 2.05) is 0 Å². The Morgan fingerprint density at radius 1 is 1.26 bits per heavy atom. The zero-order valence-corrected chi connectivity index (χ0v) is 11.3. The minimum Gasteiger partial charge on any atom is -0.478 e. The van der Waals surface area contributed by atoms with Crippen LogP contribution in [0.2, 0.25) is 0 Å². The summed E-state index contributed by atoms with van der Waals surface area (Å²) in [5.41, 5.74) is 0.956. The lowest BCUT2D eigenvalue weighted by Crippen LogP contribution is -2.21. The number of aromatic carboxylic acids is 1. The van der Waals surface area contributed by atoms with E-state index in [1.54, 1.807) is 12.1 Å². The predicted molar refractivity (Wildman–Crippen MR) is 73.5 cm³/mol. The molecule has 0 aromatic heterocycles. The van der Waals surface area contributed by atoms with Crippen molar-refractivity contribution < 1.29 is 15.0 Å². The number of rotatable bonds is 3. The molecule has 2 rings (SSSR count). The van der Waals surface area contributed by atoms with Gasteiger partial charge in [-0.05, 0) is 24.6 Å². The molecule has 0 spiro atoms. The van der Waals surface area contributed by atoms with E-state index in [9.17, 15) is 4.79 Å². The van der Waals surface area contributed by atoms with Gasteiger partial charge in [-0.1, -0.05) is 12.1 Å². The van der Waals surface area contributed by atoms with Crippen LogP contribution >= 0.6 is 0 Å². The minimum absolute atomic E-state index is 0.0557. The lowest BCUT2D eigenvalue weighted by Gasteiger charge is -2.14. The fourth-order valence-electron chi connectivity index (χ4n) is 1.55. The van der Waals surface area contributed by atoms with Gasteiger partial charge < -0.3 is 20.0 Å². The SMILES string of the molecule is CCN1C=CN(C)C1.O=C(O)c1ccc(CO)cc1. The quantitative estimate of drug-likeness (QED) is 0.867. The highest BCUT2D eigenvalue weighted by Crippen LogP contribution is 2.03. The van der Waals surface area contributed by atoms with Gasteiger partial charge in [-0.2, -0.15) is 0 Å². The number of aliphatic hydroxyl groups is 1. The number of aliphatic hydroxyl groups excluding tert-OH is 1. The second kappa shape index (κ2) is 7.43. The van der Waals surface area contributed by atoms with E-state index in [-0.39, 0.29) is 12.2 Å². The Hall–Kier alpha value is -2.01. The molecular formula is C14H20N2O3. The predicted octanol–water partition coefficient (Wildman–Crippen LogP) is 1.56. The van der Waals surface area contributed by atoms with Crippen LogP contribution in [0.25, 0.3) is 0 Å². The Kier molecular flexibility index (Phi) is 5.89. The van der Waals surface area contributed by atoms with Gasteiger partial charge in [0.2, 0.25) is 0 Å². The van der Waals surface area contributed by atoms with Crippen LogP contribution in [0.5, 0.6) is 0 Å². The Bertz CT molecular complexity index is 429. The number of carbonyl (C=O) groups is 1. The van der Waals surface area contributed by atoms with Crippen molar-refractivity contribution >= 4 is 5.97 Å². The second-order valence-electron chi connectivity index (χ2n) is 4.26. The monoisotopic (exact) mass is 264 g/mol. The van der Waals surface area contributed by atoms with Gasteiger partial charge in [0.05, 0.1) is 18.8 Å². The third-order valence-electron chi connectivity index (χ3n) is 2.73. The van der Waals surface area contributed by atoms with Gasteiger partial charge in [0.15, 0.2) is 0 Å². The molecule has 104 valence electrons. The van der Waals surface area contributed by atoms with Gasteiger partial charge in [0.25, 0.3) is 0 Å². The summed E-state index contributed by atoms with van der Waals surface area (Å²) in [5.74, 6) is -0.950. The summed E-state index contributed by atoms with van der Waals surface area (Å²) in [6, 6.07) is 6.11. The van der Waals surface area contributed by atoms with Crippen LogP contribution < -0.4 is 0 Å². The maximum absolute atomic E-state index is 10.3. The number of hydrogen-bond acceptors (Lipinski definition) is 4. The van der Waals surface area contributed by atoms with Crippen LogP contribution in [0.3, 0.4) is 0 Å². The number of benzene rings is 1. The molecule has 0 aliphatic carbocycles. The van der Waals surface area contributed by atoms with Crippen molar-refractivity contribution in [1.29, 1.82) is 0 Å². The van der Waals surface area contributed by atoms with E-state index >= 15 is 0 Å². The fourth-order valence-corrected chi connectivity index (χ4v) is 1.55. The molecule has 0 unspecified atom stereocenters. The average Bonchev–Trinajstić information content (AvgIpc) is 2.85. The van der Waals surface area contributed by atoms with Gasteiger partial charge in [-0.15, -0.1) is 0 Å². The molecule has 1 aliphatic rings. The number of carboxylic acids is 1. The van der Waals surface area contributed by atoms with Gasteiger partial charge in [0, 0.05) is 26.0 Å². The van der Waals surface area contributed by atoms with Crippen molar-refractivity contribution in [2.75, 3.05) is 20.3 Å². The van der Waals surface area contributed by atoms with Crippen LogP contribution in [0, 0.1) is 0 Å². The topological polar surface area (TPSA) is 64.0 Å². The molecule has 19 heavy (non-hydrogen) atoms. The zero-order valence-electron chi connectivity index (χ0n) is 11.3. The second-order valence-corrected chi connectivity index (χ2v) is 4.26. The van der Waals surface area contributed by atoms with E-state index in [0.717, 1.165) is 18.8 Å². The van der Waals surface area contributed by atoms with Crippen LogP contribution in [0.1, 0.15) is 22.8 Å². The number of carboxylic acid groups (broad SMARTS) is 1. The first kappa shape index (κ1) is 15.0. The van der Waals surface area contributed by atoms with Crippen LogP contribution in [0.15, 0.2) is 36.7 Å². The Morgan fingerprint density at radius 2 is 1.89 bits per heavy atom. The lowest BCUT2D eigenvalue weighted by atomic mass is 10.1. The summed E-state index contributed by atoms with van der Waals surface area (Å²) in [4.78, 5) is 14.7. The van der Waals surface area contributed by atoms with Crippen LogP contribution in [-0.4, -0.2) is 46.2 Å². The molecule has 0 saturated heterocycles. The highest BCUT2D eigenvalue weighted by Gasteiger charge is 2.03. The minimum atomic E-state index is -0.950. The average molecular weight is 264 g/mol. The van der Waals surface area contributed by atoms with Gasteiger partial charge in [-0.3, -0.25) is 0 Å². The van der Waals surface area contributed by atoms with Crippen molar-refractivity contribution in [3.05, 3.63) is 47.8 Å². The Balaban J connectivity index is 0.000000200. The largest absolute Gasteiger partial charge is 0.478 e. The summed E-state index contributed by atoms with van der Waals surface area (Å²) < 4.78 is 0. The van der Waals surface area contributed by atoms with E-state index in [2.05, 4.69) is 36.2 Å². The van der Waals surface area contributed by atoms with Gasteiger partial charge in [0.1, 0.15) is 0 Å². The summed E-state index contributed by atoms with van der Waals surface area (Å²) in [6.45, 7) is 4.26. The number of hydrogen-bond donors (Lipinski definition) is 2. The third kappa shape index (κ3) is 5.01. The molecule has 1 heterocycles. The number of nitrogens with zero attached hydrogens (tertiary/aromatic N) is 2. The standard InChI is InChI=1S/C8H8O3.C6H12N2/c9-5-6-1-3-7(4-2-6)8(10)11;1-3-8-5-4-7(2)6-8/h1-4,9H,5H2,(H,10,11);4-5H,3,6H2,1-2H3. The van der Waals surface area contributed by atoms with Crippen molar-refractivity contribution in [2.24, 2.45) is 0 Å². The maximum Gasteiger partial charge on any atom is 0.335 e. The molecule has 5 nitrogen and oxygen atoms in total. The van der Waals surface area contributed by atoms with E-state index in [1.165, 1.54) is 12.1 Å².